The summed E-state index contributed by atoms with van der Waals surface area (Å²) in [4.78, 5) is 8.75. The van der Waals surface area contributed by atoms with Crippen molar-refractivity contribution < 1.29 is 14.2 Å². The molecule has 1 fully saturated rings. The van der Waals surface area contributed by atoms with Crippen LogP contribution in [-0.2, 0) is 6.54 Å². The Morgan fingerprint density at radius 1 is 0.962 bits per heavy atom. The van der Waals surface area contributed by atoms with Crippen molar-refractivity contribution in [2.24, 2.45) is 0 Å². The van der Waals surface area contributed by atoms with E-state index in [9.17, 15) is 0 Å². The number of benzene rings is 1. The van der Waals surface area contributed by atoms with Gasteiger partial charge >= 0.3 is 0 Å². The third-order valence-corrected chi connectivity index (χ3v) is 4.93. The number of pyridine rings is 1. The van der Waals surface area contributed by atoms with E-state index in [0.29, 0.717) is 16.5 Å². The van der Waals surface area contributed by atoms with Crippen molar-refractivity contribution >= 4 is 17.3 Å². The third-order valence-electron chi connectivity index (χ3n) is 4.64. The molecule has 0 radical (unpaired) electrons. The number of rotatable bonds is 6. The van der Waals surface area contributed by atoms with Crippen molar-refractivity contribution in [3.8, 4) is 17.2 Å². The molecule has 2 aromatic rings. The molecule has 1 aliphatic heterocycles. The molecule has 0 amide bonds. The lowest BCUT2D eigenvalue weighted by atomic mass is 10.1. The predicted octanol–water partition coefficient (Wildman–Crippen LogP) is 3.08. The first-order valence-electron chi connectivity index (χ1n) is 8.52. The molecule has 6 nitrogen and oxygen atoms in total. The predicted molar refractivity (Wildman–Crippen MR) is 103 cm³/mol. The molecule has 0 aliphatic carbocycles. The average molecular weight is 378 g/mol. The largest absolute Gasteiger partial charge is 0.493 e. The minimum absolute atomic E-state index is 0.634. The number of aromatic nitrogens is 1. The van der Waals surface area contributed by atoms with Crippen LogP contribution in [0.2, 0.25) is 5.02 Å². The highest BCUT2D eigenvalue weighted by molar-refractivity contribution is 6.33. The second-order valence-electron chi connectivity index (χ2n) is 6.08. The van der Waals surface area contributed by atoms with Gasteiger partial charge in [0.2, 0.25) is 5.75 Å². The Labute approximate surface area is 159 Å². The van der Waals surface area contributed by atoms with Crippen molar-refractivity contribution in [2.75, 3.05) is 52.4 Å². The van der Waals surface area contributed by atoms with Gasteiger partial charge in [-0.3, -0.25) is 9.88 Å². The van der Waals surface area contributed by atoms with Crippen molar-refractivity contribution in [3.05, 3.63) is 41.2 Å². The van der Waals surface area contributed by atoms with Crippen LogP contribution < -0.4 is 19.1 Å². The highest BCUT2D eigenvalue weighted by Gasteiger charge is 2.22. The lowest BCUT2D eigenvalue weighted by molar-refractivity contribution is 0.244. The lowest BCUT2D eigenvalue weighted by Gasteiger charge is -2.36. The third kappa shape index (κ3) is 3.81. The van der Waals surface area contributed by atoms with Crippen LogP contribution in [0.5, 0.6) is 17.2 Å². The number of piperazine rings is 1. The van der Waals surface area contributed by atoms with Crippen molar-refractivity contribution in [1.82, 2.24) is 9.88 Å². The van der Waals surface area contributed by atoms with Gasteiger partial charge in [-0.1, -0.05) is 17.7 Å². The van der Waals surface area contributed by atoms with Crippen LogP contribution in [0, 0.1) is 0 Å². The fraction of sp³-hybridized carbons (Fsp3) is 0.421. The van der Waals surface area contributed by atoms with Crippen molar-refractivity contribution in [3.63, 3.8) is 0 Å². The fourth-order valence-electron chi connectivity index (χ4n) is 3.30. The molecule has 1 aliphatic rings. The molecule has 3 rings (SSSR count). The van der Waals surface area contributed by atoms with Crippen LogP contribution in [-0.4, -0.2) is 57.4 Å². The molecule has 0 atom stereocenters. The zero-order chi connectivity index (χ0) is 18.5. The maximum absolute atomic E-state index is 6.27. The van der Waals surface area contributed by atoms with Crippen LogP contribution in [0.4, 0.5) is 5.69 Å². The fourth-order valence-corrected chi connectivity index (χ4v) is 3.54. The molecule has 2 heterocycles. The van der Waals surface area contributed by atoms with Crippen molar-refractivity contribution in [2.45, 2.75) is 6.54 Å². The standard InChI is InChI=1S/C19H24ClN3O3/c1-24-17-5-4-14(18(25-2)19(17)26-3)13-22-8-10-23(11-9-22)16-6-7-21-12-15(16)20/h4-7,12H,8-11,13H2,1-3H3. The first-order valence-corrected chi connectivity index (χ1v) is 8.90. The molecule has 0 bridgehead atoms. The van der Waals surface area contributed by atoms with E-state index in [1.54, 1.807) is 33.7 Å². The Morgan fingerprint density at radius 3 is 2.31 bits per heavy atom. The van der Waals surface area contributed by atoms with Crippen molar-refractivity contribution in [1.29, 1.82) is 0 Å². The van der Waals surface area contributed by atoms with E-state index in [-0.39, 0.29) is 0 Å². The topological polar surface area (TPSA) is 47.1 Å². The lowest BCUT2D eigenvalue weighted by Crippen LogP contribution is -2.46. The number of nitrogens with zero attached hydrogens (tertiary/aromatic N) is 3. The summed E-state index contributed by atoms with van der Waals surface area (Å²) < 4.78 is 16.4. The molecule has 0 saturated carbocycles. The smallest absolute Gasteiger partial charge is 0.203 e. The number of ether oxygens (including phenoxy) is 3. The molecule has 140 valence electrons. The van der Waals surface area contributed by atoms with E-state index in [0.717, 1.165) is 49.7 Å². The molecular formula is C19H24ClN3O3. The van der Waals surface area contributed by atoms with E-state index in [4.69, 9.17) is 25.8 Å². The molecular weight excluding hydrogens is 354 g/mol. The van der Waals surface area contributed by atoms with Gasteiger partial charge in [0.15, 0.2) is 11.5 Å². The van der Waals surface area contributed by atoms with Gasteiger partial charge in [-0.25, -0.2) is 0 Å². The van der Waals surface area contributed by atoms with Gasteiger partial charge in [-0.15, -0.1) is 0 Å². The quantitative estimate of drug-likeness (QED) is 0.771. The van der Waals surface area contributed by atoms with Gasteiger partial charge in [0, 0.05) is 50.7 Å². The summed E-state index contributed by atoms with van der Waals surface area (Å²) in [5, 5.41) is 0.697. The maximum atomic E-state index is 6.27. The molecule has 1 aromatic carbocycles. The van der Waals surface area contributed by atoms with Crippen LogP contribution in [0.25, 0.3) is 0 Å². The maximum Gasteiger partial charge on any atom is 0.203 e. The van der Waals surface area contributed by atoms with Gasteiger partial charge in [-0.2, -0.15) is 0 Å². The summed E-state index contributed by atoms with van der Waals surface area (Å²) in [5.74, 6) is 2.03. The molecule has 1 aromatic heterocycles. The summed E-state index contributed by atoms with van der Waals surface area (Å²) in [6, 6.07) is 5.92. The summed E-state index contributed by atoms with van der Waals surface area (Å²) in [7, 11) is 4.91. The Bertz CT molecular complexity index is 749. The summed E-state index contributed by atoms with van der Waals surface area (Å²) >= 11 is 6.27. The van der Waals surface area contributed by atoms with E-state index >= 15 is 0 Å². The molecule has 1 saturated heterocycles. The normalized spacial score (nSPS) is 15.0. The zero-order valence-corrected chi connectivity index (χ0v) is 16.1. The van der Waals surface area contributed by atoms with E-state index in [1.807, 2.05) is 18.2 Å². The van der Waals surface area contributed by atoms with Crippen LogP contribution in [0.3, 0.4) is 0 Å². The number of hydrogen-bond donors (Lipinski definition) is 0. The monoisotopic (exact) mass is 377 g/mol. The zero-order valence-electron chi connectivity index (χ0n) is 15.4. The Kier molecular flexibility index (Phi) is 6.06. The number of halogens is 1. The van der Waals surface area contributed by atoms with Crippen LogP contribution in [0.15, 0.2) is 30.6 Å². The number of hydrogen-bond acceptors (Lipinski definition) is 6. The summed E-state index contributed by atoms with van der Waals surface area (Å²) in [6.07, 6.45) is 3.47. The van der Waals surface area contributed by atoms with Gasteiger partial charge in [0.25, 0.3) is 0 Å². The first kappa shape index (κ1) is 18.6. The second-order valence-corrected chi connectivity index (χ2v) is 6.49. The highest BCUT2D eigenvalue weighted by Crippen LogP contribution is 2.40. The van der Waals surface area contributed by atoms with Gasteiger partial charge in [0.1, 0.15) is 0 Å². The van der Waals surface area contributed by atoms with Crippen LogP contribution in [0.1, 0.15) is 5.56 Å². The van der Waals surface area contributed by atoms with E-state index in [1.165, 1.54) is 0 Å². The van der Waals surface area contributed by atoms with Gasteiger partial charge < -0.3 is 19.1 Å². The molecule has 0 N–H and O–H groups in total. The molecule has 0 unspecified atom stereocenters. The van der Waals surface area contributed by atoms with Gasteiger partial charge in [0.05, 0.1) is 32.0 Å². The minimum Gasteiger partial charge on any atom is -0.493 e. The second kappa shape index (κ2) is 8.47. The average Bonchev–Trinajstić information content (AvgIpc) is 2.68. The van der Waals surface area contributed by atoms with Gasteiger partial charge in [-0.05, 0) is 12.1 Å². The molecule has 7 heteroatoms. The first-order chi connectivity index (χ1) is 12.7. The SMILES string of the molecule is COc1ccc(CN2CCN(c3ccncc3Cl)CC2)c(OC)c1OC. The van der Waals surface area contributed by atoms with E-state index < -0.39 is 0 Å². The molecule has 0 spiro atoms. The Hall–Kier alpha value is -2.18. The Morgan fingerprint density at radius 2 is 1.69 bits per heavy atom. The molecule has 26 heavy (non-hydrogen) atoms. The number of anilines is 1. The minimum atomic E-state index is 0.634. The summed E-state index contributed by atoms with van der Waals surface area (Å²) in [6.45, 7) is 4.51. The summed E-state index contributed by atoms with van der Waals surface area (Å²) in [5.41, 5.74) is 2.13. The Balaban J connectivity index is 1.69. The highest BCUT2D eigenvalue weighted by atomic mass is 35.5. The number of methoxy groups -OCH3 is 3. The van der Waals surface area contributed by atoms with Crippen LogP contribution >= 0.6 is 11.6 Å². The van der Waals surface area contributed by atoms with E-state index in [2.05, 4.69) is 14.8 Å².